The molecule has 4 heteroatoms. The van der Waals surface area contributed by atoms with Crippen LogP contribution < -0.4 is 0 Å². The molecule has 1 aromatic carbocycles. The fourth-order valence-corrected chi connectivity index (χ4v) is 3.32. The molecule has 0 amide bonds. The average Bonchev–Trinajstić information content (AvgIpc) is 2.30. The monoisotopic (exact) mass is 286 g/mol. The van der Waals surface area contributed by atoms with Gasteiger partial charge in [0.05, 0.1) is 5.41 Å². The summed E-state index contributed by atoms with van der Waals surface area (Å²) in [5, 5.41) is 10.6. The number of benzene rings is 1. The largest absolute Gasteiger partial charge is 0.481 e. The van der Waals surface area contributed by atoms with Crippen LogP contribution in [0.2, 0.25) is 10.0 Å². The fourth-order valence-electron chi connectivity index (χ4n) is 2.73. The van der Waals surface area contributed by atoms with E-state index in [1.807, 2.05) is 0 Å². The zero-order valence-electron chi connectivity index (χ0n) is 10.2. The molecule has 0 radical (unpaired) electrons. The Morgan fingerprint density at radius 3 is 2.44 bits per heavy atom. The first-order chi connectivity index (χ1) is 8.45. The third-order valence-corrected chi connectivity index (χ3v) is 4.53. The number of aliphatic carboxylic acids is 1. The van der Waals surface area contributed by atoms with Crippen molar-refractivity contribution >= 4 is 29.2 Å². The molecule has 0 atom stereocenters. The van der Waals surface area contributed by atoms with Gasteiger partial charge in [-0.15, -0.1) is 0 Å². The van der Waals surface area contributed by atoms with Crippen LogP contribution in [0, 0.1) is 5.92 Å². The number of hydrogen-bond donors (Lipinski definition) is 1. The lowest BCUT2D eigenvalue weighted by molar-refractivity contribution is -0.145. The minimum atomic E-state index is -0.839. The second kappa shape index (κ2) is 5.10. The van der Waals surface area contributed by atoms with Gasteiger partial charge >= 0.3 is 5.97 Å². The maximum Gasteiger partial charge on any atom is 0.314 e. The highest BCUT2D eigenvalue weighted by Gasteiger charge is 2.43. The molecule has 1 fully saturated rings. The highest BCUT2D eigenvalue weighted by atomic mass is 35.5. The summed E-state index contributed by atoms with van der Waals surface area (Å²) in [6.07, 6.45) is 3.13. The van der Waals surface area contributed by atoms with Gasteiger partial charge in [-0.3, -0.25) is 4.79 Å². The van der Waals surface area contributed by atoms with Crippen LogP contribution in [0.3, 0.4) is 0 Å². The third kappa shape index (κ3) is 2.36. The average molecular weight is 287 g/mol. The van der Waals surface area contributed by atoms with Crippen molar-refractivity contribution in [2.24, 2.45) is 5.92 Å². The predicted octanol–water partition coefficient (Wildman–Crippen LogP) is 4.53. The Kier molecular flexibility index (Phi) is 3.88. The molecule has 0 aromatic heterocycles. The quantitative estimate of drug-likeness (QED) is 0.868. The lowest BCUT2D eigenvalue weighted by Crippen LogP contribution is -2.39. The standard InChI is InChI=1S/C14H16Cl2O2/c1-9-4-6-14(7-5-9,13(17)18)11-3-2-10(15)8-12(11)16/h2-3,8-9H,4-7H2,1H3,(H,17,18). The zero-order chi connectivity index (χ0) is 13.3. The summed E-state index contributed by atoms with van der Waals surface area (Å²) in [5.74, 6) is -0.192. The van der Waals surface area contributed by atoms with E-state index in [0.717, 1.165) is 12.8 Å². The van der Waals surface area contributed by atoms with Gasteiger partial charge in [-0.25, -0.2) is 0 Å². The Morgan fingerprint density at radius 1 is 1.33 bits per heavy atom. The predicted molar refractivity (Wildman–Crippen MR) is 73.4 cm³/mol. The molecule has 0 aliphatic heterocycles. The minimum absolute atomic E-state index is 0.458. The van der Waals surface area contributed by atoms with Crippen molar-refractivity contribution in [2.45, 2.75) is 38.0 Å². The summed E-state index contributed by atoms with van der Waals surface area (Å²) < 4.78 is 0. The van der Waals surface area contributed by atoms with E-state index in [0.29, 0.717) is 34.4 Å². The first-order valence-electron chi connectivity index (χ1n) is 6.14. The molecule has 1 N–H and O–H groups in total. The van der Waals surface area contributed by atoms with E-state index < -0.39 is 11.4 Å². The molecular formula is C14H16Cl2O2. The Labute approximate surface area is 117 Å². The van der Waals surface area contributed by atoms with Crippen LogP contribution in [0.4, 0.5) is 0 Å². The van der Waals surface area contributed by atoms with E-state index in [9.17, 15) is 9.90 Å². The molecule has 0 bridgehead atoms. The van der Waals surface area contributed by atoms with Crippen molar-refractivity contribution < 1.29 is 9.90 Å². The molecule has 1 aliphatic rings. The number of rotatable bonds is 2. The Hall–Kier alpha value is -0.730. The molecule has 1 aliphatic carbocycles. The van der Waals surface area contributed by atoms with Crippen molar-refractivity contribution in [1.29, 1.82) is 0 Å². The van der Waals surface area contributed by atoms with Gasteiger partial charge in [-0.1, -0.05) is 36.2 Å². The molecule has 0 unspecified atom stereocenters. The summed E-state index contributed by atoms with van der Waals surface area (Å²) in [7, 11) is 0. The number of carboxylic acid groups (broad SMARTS) is 1. The van der Waals surface area contributed by atoms with E-state index in [4.69, 9.17) is 23.2 Å². The van der Waals surface area contributed by atoms with Crippen LogP contribution in [0.1, 0.15) is 38.2 Å². The van der Waals surface area contributed by atoms with Crippen molar-refractivity contribution in [2.75, 3.05) is 0 Å². The molecule has 0 spiro atoms. The summed E-state index contributed by atoms with van der Waals surface area (Å²) in [6, 6.07) is 5.10. The van der Waals surface area contributed by atoms with Crippen LogP contribution in [-0.4, -0.2) is 11.1 Å². The lowest BCUT2D eigenvalue weighted by atomic mass is 9.67. The fraction of sp³-hybridized carbons (Fsp3) is 0.500. The molecule has 0 heterocycles. The van der Waals surface area contributed by atoms with Gasteiger partial charge in [0.2, 0.25) is 0 Å². The normalized spacial score (nSPS) is 28.1. The molecule has 2 rings (SSSR count). The summed E-state index contributed by atoms with van der Waals surface area (Å²) in [4.78, 5) is 11.7. The van der Waals surface area contributed by atoms with Crippen LogP contribution in [0.15, 0.2) is 18.2 Å². The van der Waals surface area contributed by atoms with Gasteiger partial charge < -0.3 is 5.11 Å². The lowest BCUT2D eigenvalue weighted by Gasteiger charge is -2.36. The van der Waals surface area contributed by atoms with Gasteiger partial charge in [-0.05, 0) is 49.3 Å². The Morgan fingerprint density at radius 2 is 1.94 bits per heavy atom. The van der Waals surface area contributed by atoms with Crippen molar-refractivity contribution in [3.63, 3.8) is 0 Å². The maximum absolute atomic E-state index is 11.7. The molecule has 18 heavy (non-hydrogen) atoms. The molecule has 0 saturated heterocycles. The van der Waals surface area contributed by atoms with Gasteiger partial charge in [0.15, 0.2) is 0 Å². The molecule has 1 saturated carbocycles. The van der Waals surface area contributed by atoms with Gasteiger partial charge in [0, 0.05) is 10.0 Å². The van der Waals surface area contributed by atoms with Gasteiger partial charge in [-0.2, -0.15) is 0 Å². The maximum atomic E-state index is 11.7. The van der Waals surface area contributed by atoms with Gasteiger partial charge in [0.1, 0.15) is 0 Å². The van der Waals surface area contributed by atoms with Crippen molar-refractivity contribution in [1.82, 2.24) is 0 Å². The van der Waals surface area contributed by atoms with Crippen LogP contribution >= 0.6 is 23.2 Å². The summed E-state index contributed by atoms with van der Waals surface area (Å²) in [5.41, 5.74) is -0.137. The number of halogens is 2. The smallest absolute Gasteiger partial charge is 0.314 e. The molecular weight excluding hydrogens is 271 g/mol. The van der Waals surface area contributed by atoms with E-state index in [1.165, 1.54) is 0 Å². The summed E-state index contributed by atoms with van der Waals surface area (Å²) >= 11 is 12.1. The van der Waals surface area contributed by atoms with Gasteiger partial charge in [0.25, 0.3) is 0 Å². The molecule has 98 valence electrons. The first kappa shape index (κ1) is 13.7. The first-order valence-corrected chi connectivity index (χ1v) is 6.90. The van der Waals surface area contributed by atoms with Crippen molar-refractivity contribution in [3.8, 4) is 0 Å². The van der Waals surface area contributed by atoms with E-state index in [2.05, 4.69) is 6.92 Å². The molecule has 2 nitrogen and oxygen atoms in total. The summed E-state index contributed by atoms with van der Waals surface area (Å²) in [6.45, 7) is 2.16. The van der Waals surface area contributed by atoms with Crippen LogP contribution in [0.25, 0.3) is 0 Å². The van der Waals surface area contributed by atoms with Crippen molar-refractivity contribution in [3.05, 3.63) is 33.8 Å². The highest BCUT2D eigenvalue weighted by Crippen LogP contribution is 2.44. The third-order valence-electron chi connectivity index (χ3n) is 3.98. The number of hydrogen-bond acceptors (Lipinski definition) is 1. The minimum Gasteiger partial charge on any atom is -0.481 e. The SMILES string of the molecule is CC1CCC(C(=O)O)(c2ccc(Cl)cc2Cl)CC1. The second-order valence-electron chi connectivity index (χ2n) is 5.19. The number of carboxylic acids is 1. The van der Waals surface area contributed by atoms with Crippen LogP contribution in [0.5, 0.6) is 0 Å². The zero-order valence-corrected chi connectivity index (χ0v) is 11.8. The number of carbonyl (C=O) groups is 1. The Bertz CT molecular complexity index is 463. The van der Waals surface area contributed by atoms with Crippen LogP contribution in [-0.2, 0) is 10.2 Å². The Balaban J connectivity index is 2.44. The van der Waals surface area contributed by atoms with E-state index in [-0.39, 0.29) is 0 Å². The van der Waals surface area contributed by atoms with E-state index in [1.54, 1.807) is 18.2 Å². The topological polar surface area (TPSA) is 37.3 Å². The van der Waals surface area contributed by atoms with E-state index >= 15 is 0 Å². The highest BCUT2D eigenvalue weighted by molar-refractivity contribution is 6.35. The second-order valence-corrected chi connectivity index (χ2v) is 6.04. The molecule has 1 aromatic rings.